The molecule has 0 aliphatic rings. The summed E-state index contributed by atoms with van der Waals surface area (Å²) in [6.07, 6.45) is 0. The van der Waals surface area contributed by atoms with Crippen LogP contribution in [0, 0.1) is 11.6 Å². The molecule has 0 unspecified atom stereocenters. The van der Waals surface area contributed by atoms with Crippen LogP contribution in [0.1, 0.15) is 23.0 Å². The minimum atomic E-state index is -0.944. The highest BCUT2D eigenvalue weighted by Crippen LogP contribution is 2.10. The van der Waals surface area contributed by atoms with Crippen molar-refractivity contribution in [2.45, 2.75) is 13.5 Å². The van der Waals surface area contributed by atoms with Crippen LogP contribution in [0.5, 0.6) is 0 Å². The maximum absolute atomic E-state index is 14.3. The van der Waals surface area contributed by atoms with Gasteiger partial charge in [0.1, 0.15) is 17.3 Å². The molecule has 0 aliphatic carbocycles. The van der Waals surface area contributed by atoms with Crippen LogP contribution >= 0.6 is 0 Å². The molecule has 1 aromatic heterocycles. The molecule has 0 radical (unpaired) electrons. The van der Waals surface area contributed by atoms with Crippen molar-refractivity contribution >= 4 is 5.91 Å². The molecule has 0 aliphatic heterocycles. The molecular weight excluding hydrogens is 382 g/mol. The van der Waals surface area contributed by atoms with Gasteiger partial charge >= 0.3 is 5.69 Å². The number of amides is 1. The Morgan fingerprint density at radius 3 is 2.48 bits per heavy atom. The number of halogens is 2. The predicted octanol–water partition coefficient (Wildman–Crippen LogP) is 1.81. The van der Waals surface area contributed by atoms with Crippen molar-refractivity contribution in [2.24, 2.45) is 0 Å². The largest absolute Gasteiger partial charge is 0.352 e. The second kappa shape index (κ2) is 8.17. The topological polar surface area (TPSA) is 77.2 Å². The summed E-state index contributed by atoms with van der Waals surface area (Å²) < 4.78 is 29.2. The number of rotatable bonds is 5. The average Bonchev–Trinajstić information content (AvgIpc) is 2.71. The predicted molar refractivity (Wildman–Crippen MR) is 102 cm³/mol. The normalized spacial score (nSPS) is 10.8. The van der Waals surface area contributed by atoms with Crippen LogP contribution in [-0.4, -0.2) is 38.7 Å². The molecule has 3 rings (SSSR count). The Kier molecular flexibility index (Phi) is 5.67. The summed E-state index contributed by atoms with van der Waals surface area (Å²) in [5, 5.41) is 3.86. The van der Waals surface area contributed by atoms with E-state index in [4.69, 9.17) is 0 Å². The van der Waals surface area contributed by atoms with E-state index in [1.165, 1.54) is 54.4 Å². The van der Waals surface area contributed by atoms with E-state index in [-0.39, 0.29) is 12.2 Å². The molecule has 0 saturated carbocycles. The summed E-state index contributed by atoms with van der Waals surface area (Å²) in [7, 11) is 1.47. The second-order valence-electron chi connectivity index (χ2n) is 6.33. The SMILES string of the molecule is CCN(C)C(=O)c1nn(-c2ccccc2F)c(=O)n(Cc2cccc(F)c2)c1=O. The molecule has 9 heteroatoms. The van der Waals surface area contributed by atoms with Gasteiger partial charge in [-0.25, -0.2) is 13.6 Å². The maximum atomic E-state index is 14.3. The van der Waals surface area contributed by atoms with Crippen LogP contribution < -0.4 is 11.2 Å². The quantitative estimate of drug-likeness (QED) is 0.655. The Balaban J connectivity index is 2.27. The van der Waals surface area contributed by atoms with Crippen molar-refractivity contribution in [3.63, 3.8) is 0 Å². The van der Waals surface area contributed by atoms with Gasteiger partial charge in [-0.3, -0.25) is 14.2 Å². The van der Waals surface area contributed by atoms with Crippen molar-refractivity contribution < 1.29 is 13.6 Å². The first-order chi connectivity index (χ1) is 13.8. The van der Waals surface area contributed by atoms with E-state index >= 15 is 0 Å². The number of benzene rings is 2. The minimum Gasteiger partial charge on any atom is -0.340 e. The number of para-hydroxylation sites is 1. The van der Waals surface area contributed by atoms with Gasteiger partial charge in [0.25, 0.3) is 11.5 Å². The summed E-state index contributed by atoms with van der Waals surface area (Å²) in [5.41, 5.74) is -2.29. The molecule has 29 heavy (non-hydrogen) atoms. The van der Waals surface area contributed by atoms with E-state index in [0.717, 1.165) is 10.6 Å². The van der Waals surface area contributed by atoms with Gasteiger partial charge in [-0.1, -0.05) is 24.3 Å². The summed E-state index contributed by atoms with van der Waals surface area (Å²) in [4.78, 5) is 39.6. The highest BCUT2D eigenvalue weighted by molar-refractivity contribution is 5.91. The average molecular weight is 400 g/mol. The zero-order chi connectivity index (χ0) is 21.1. The molecule has 2 aromatic carbocycles. The van der Waals surface area contributed by atoms with Gasteiger partial charge in [0.05, 0.1) is 6.54 Å². The van der Waals surface area contributed by atoms with Crippen LogP contribution in [0.25, 0.3) is 5.69 Å². The van der Waals surface area contributed by atoms with Crippen LogP contribution in [0.3, 0.4) is 0 Å². The molecule has 150 valence electrons. The number of carbonyl (C=O) groups is 1. The van der Waals surface area contributed by atoms with Crippen molar-refractivity contribution in [1.82, 2.24) is 19.2 Å². The standard InChI is InChI=1S/C20H18F2N4O3/c1-3-24(2)18(27)17-19(28)25(12-13-7-6-8-14(21)11-13)20(29)26(23-17)16-10-5-4-9-15(16)22/h4-11H,3,12H2,1-2H3. The number of hydrogen-bond donors (Lipinski definition) is 0. The lowest BCUT2D eigenvalue weighted by Crippen LogP contribution is -2.46. The Hall–Kier alpha value is -3.62. The number of aromatic nitrogens is 3. The zero-order valence-electron chi connectivity index (χ0n) is 15.8. The smallest absolute Gasteiger partial charge is 0.340 e. The molecule has 0 fully saturated rings. The molecule has 0 saturated heterocycles. The van der Waals surface area contributed by atoms with Gasteiger partial charge in [0, 0.05) is 13.6 Å². The van der Waals surface area contributed by atoms with Crippen LogP contribution in [-0.2, 0) is 6.54 Å². The lowest BCUT2D eigenvalue weighted by atomic mass is 10.2. The van der Waals surface area contributed by atoms with Gasteiger partial charge in [0.15, 0.2) is 0 Å². The van der Waals surface area contributed by atoms with E-state index in [9.17, 15) is 23.2 Å². The van der Waals surface area contributed by atoms with E-state index in [1.807, 2.05) is 0 Å². The second-order valence-corrected chi connectivity index (χ2v) is 6.33. The fourth-order valence-corrected chi connectivity index (χ4v) is 2.71. The first-order valence-corrected chi connectivity index (χ1v) is 8.82. The number of nitrogens with zero attached hydrogens (tertiary/aromatic N) is 4. The highest BCUT2D eigenvalue weighted by atomic mass is 19.1. The molecular formula is C20H18F2N4O3. The van der Waals surface area contributed by atoms with E-state index in [0.29, 0.717) is 16.8 Å². The fourth-order valence-electron chi connectivity index (χ4n) is 2.71. The highest BCUT2D eigenvalue weighted by Gasteiger charge is 2.23. The summed E-state index contributed by atoms with van der Waals surface area (Å²) in [6, 6.07) is 10.7. The lowest BCUT2D eigenvalue weighted by molar-refractivity contribution is 0.0791. The molecule has 1 amide bonds. The molecule has 0 bridgehead atoms. The summed E-state index contributed by atoms with van der Waals surface area (Å²) >= 11 is 0. The van der Waals surface area contributed by atoms with Crippen LogP contribution in [0.2, 0.25) is 0 Å². The van der Waals surface area contributed by atoms with E-state index < -0.39 is 34.5 Å². The van der Waals surface area contributed by atoms with Gasteiger partial charge in [-0.2, -0.15) is 9.78 Å². The first kappa shape index (κ1) is 20.1. The molecule has 3 aromatic rings. The summed E-state index contributed by atoms with van der Waals surface area (Å²) in [6.45, 7) is 1.70. The van der Waals surface area contributed by atoms with Gasteiger partial charge in [-0.05, 0) is 36.8 Å². The number of carbonyl (C=O) groups excluding carboxylic acids is 1. The van der Waals surface area contributed by atoms with Crippen molar-refractivity contribution in [2.75, 3.05) is 13.6 Å². The lowest BCUT2D eigenvalue weighted by Gasteiger charge is -2.16. The molecule has 0 spiro atoms. The molecule has 7 nitrogen and oxygen atoms in total. The maximum Gasteiger partial charge on any atom is 0.352 e. The third-order valence-electron chi connectivity index (χ3n) is 4.39. The Bertz CT molecular complexity index is 1190. The van der Waals surface area contributed by atoms with E-state index in [1.54, 1.807) is 6.92 Å². The van der Waals surface area contributed by atoms with Crippen molar-refractivity contribution in [3.05, 3.63) is 92.3 Å². The third kappa shape index (κ3) is 3.98. The van der Waals surface area contributed by atoms with Gasteiger partial charge in [0.2, 0.25) is 5.69 Å². The summed E-state index contributed by atoms with van der Waals surface area (Å²) in [5.74, 6) is -2.00. The van der Waals surface area contributed by atoms with E-state index in [2.05, 4.69) is 5.10 Å². The monoisotopic (exact) mass is 400 g/mol. The van der Waals surface area contributed by atoms with Crippen molar-refractivity contribution in [3.8, 4) is 5.69 Å². The van der Waals surface area contributed by atoms with Gasteiger partial charge in [-0.15, -0.1) is 0 Å². The molecule has 1 heterocycles. The Morgan fingerprint density at radius 2 is 1.83 bits per heavy atom. The fraction of sp³-hybridized carbons (Fsp3) is 0.200. The molecule has 0 N–H and O–H groups in total. The number of hydrogen-bond acceptors (Lipinski definition) is 4. The molecule has 0 atom stereocenters. The van der Waals surface area contributed by atoms with Crippen LogP contribution in [0.15, 0.2) is 58.1 Å². The van der Waals surface area contributed by atoms with Gasteiger partial charge < -0.3 is 4.90 Å². The Morgan fingerprint density at radius 1 is 1.10 bits per heavy atom. The first-order valence-electron chi connectivity index (χ1n) is 8.82. The van der Waals surface area contributed by atoms with Crippen LogP contribution in [0.4, 0.5) is 8.78 Å². The minimum absolute atomic E-state index is 0.210. The third-order valence-corrected chi connectivity index (χ3v) is 4.39. The zero-order valence-corrected chi connectivity index (χ0v) is 15.8. The van der Waals surface area contributed by atoms with Crippen molar-refractivity contribution in [1.29, 1.82) is 0 Å². The Labute approximate surface area is 164 Å².